The Morgan fingerprint density at radius 3 is 1.91 bits per heavy atom. The van der Waals surface area contributed by atoms with Crippen LogP contribution in [0.4, 0.5) is 0 Å². The van der Waals surface area contributed by atoms with E-state index < -0.39 is 0 Å². The van der Waals surface area contributed by atoms with Gasteiger partial charge in [-0.3, -0.25) is 0 Å². The summed E-state index contributed by atoms with van der Waals surface area (Å²) < 4.78 is 1.76. The molecular weight excluding hydrogens is 284 g/mol. The molecule has 23 heavy (non-hydrogen) atoms. The van der Waals surface area contributed by atoms with Gasteiger partial charge in [-0.15, -0.1) is 10.2 Å². The lowest BCUT2D eigenvalue weighted by Crippen LogP contribution is -1.97. The van der Waals surface area contributed by atoms with E-state index in [1.807, 2.05) is 20.1 Å². The van der Waals surface area contributed by atoms with Gasteiger partial charge in [0.1, 0.15) is 0 Å². The Balaban J connectivity index is 2.00. The summed E-state index contributed by atoms with van der Waals surface area (Å²) in [6.45, 7) is 3.80. The second-order valence-corrected chi connectivity index (χ2v) is 5.58. The molecule has 0 bridgehead atoms. The van der Waals surface area contributed by atoms with E-state index in [1.54, 1.807) is 4.68 Å². The number of nitrogens with zero attached hydrogens (tertiary/aromatic N) is 4. The molecule has 1 aromatic heterocycles. The van der Waals surface area contributed by atoms with Crippen LogP contribution in [0.1, 0.15) is 17.2 Å². The van der Waals surface area contributed by atoms with Gasteiger partial charge in [0.05, 0.1) is 6.21 Å². The molecule has 0 radical (unpaired) electrons. The lowest BCUT2D eigenvalue weighted by atomic mass is 9.97. The largest absolute Gasteiger partial charge is 0.202 e. The fourth-order valence-corrected chi connectivity index (χ4v) is 2.93. The van der Waals surface area contributed by atoms with Crippen molar-refractivity contribution in [1.82, 2.24) is 14.9 Å². The molecular formula is C19H16N4. The van der Waals surface area contributed by atoms with Crippen molar-refractivity contribution in [3.63, 3.8) is 0 Å². The van der Waals surface area contributed by atoms with Crippen LogP contribution in [0, 0.1) is 13.8 Å². The van der Waals surface area contributed by atoms with Crippen LogP contribution in [0.25, 0.3) is 21.5 Å². The van der Waals surface area contributed by atoms with E-state index in [2.05, 4.69) is 69.9 Å². The maximum absolute atomic E-state index is 4.60. The highest BCUT2D eigenvalue weighted by molar-refractivity contribution is 6.13. The van der Waals surface area contributed by atoms with Crippen molar-refractivity contribution < 1.29 is 0 Å². The molecule has 4 nitrogen and oxygen atoms in total. The highest BCUT2D eigenvalue weighted by Gasteiger charge is 2.06. The Hall–Kier alpha value is -3.01. The zero-order valence-corrected chi connectivity index (χ0v) is 13.1. The van der Waals surface area contributed by atoms with Gasteiger partial charge < -0.3 is 0 Å². The molecule has 4 aromatic rings. The van der Waals surface area contributed by atoms with Crippen LogP contribution in [0.5, 0.6) is 0 Å². The van der Waals surface area contributed by atoms with E-state index in [0.29, 0.717) is 0 Å². The Kier molecular flexibility index (Phi) is 3.15. The number of aryl methyl sites for hydroxylation is 2. The summed E-state index contributed by atoms with van der Waals surface area (Å²) in [5, 5.41) is 17.5. The normalized spacial score (nSPS) is 11.7. The molecule has 0 aliphatic heterocycles. The second kappa shape index (κ2) is 5.32. The van der Waals surface area contributed by atoms with E-state index in [-0.39, 0.29) is 0 Å². The van der Waals surface area contributed by atoms with Gasteiger partial charge in [-0.2, -0.15) is 5.10 Å². The van der Waals surface area contributed by atoms with Crippen LogP contribution < -0.4 is 0 Å². The fourth-order valence-electron chi connectivity index (χ4n) is 2.93. The summed E-state index contributed by atoms with van der Waals surface area (Å²) in [6.07, 6.45) is 1.91. The van der Waals surface area contributed by atoms with Crippen LogP contribution in [-0.4, -0.2) is 21.1 Å². The van der Waals surface area contributed by atoms with Gasteiger partial charge in [0.15, 0.2) is 11.6 Å². The second-order valence-electron chi connectivity index (χ2n) is 5.58. The molecule has 0 saturated heterocycles. The first-order valence-electron chi connectivity index (χ1n) is 7.57. The minimum absolute atomic E-state index is 0.781. The number of fused-ring (bicyclic) bond motifs is 2. The smallest absolute Gasteiger partial charge is 0.151 e. The van der Waals surface area contributed by atoms with Gasteiger partial charge in [0.2, 0.25) is 0 Å². The molecule has 4 rings (SSSR count). The first-order chi connectivity index (χ1) is 11.2. The van der Waals surface area contributed by atoms with Gasteiger partial charge in [-0.05, 0) is 41.5 Å². The van der Waals surface area contributed by atoms with Crippen LogP contribution >= 0.6 is 0 Å². The highest BCUT2D eigenvalue weighted by Crippen LogP contribution is 2.27. The molecule has 0 amide bonds. The topological polar surface area (TPSA) is 43.1 Å². The first-order valence-corrected chi connectivity index (χ1v) is 7.57. The van der Waals surface area contributed by atoms with Gasteiger partial charge in [0.25, 0.3) is 0 Å². The third-order valence-electron chi connectivity index (χ3n) is 4.07. The molecule has 0 N–H and O–H groups in total. The van der Waals surface area contributed by atoms with Crippen LogP contribution in [0.3, 0.4) is 0 Å². The zero-order chi connectivity index (χ0) is 15.8. The van der Waals surface area contributed by atoms with Crippen molar-refractivity contribution in [2.45, 2.75) is 13.8 Å². The standard InChI is InChI=1S/C19H16N4/c1-13-21-22-14(2)23(13)20-12-19-17-9-5-3-7-15(17)11-16-8-4-6-10-18(16)19/h3-12H,1-2H3. The summed E-state index contributed by atoms with van der Waals surface area (Å²) >= 11 is 0. The van der Waals surface area contributed by atoms with Crippen LogP contribution in [0.2, 0.25) is 0 Å². The maximum Gasteiger partial charge on any atom is 0.151 e. The number of hydrogen-bond acceptors (Lipinski definition) is 3. The Morgan fingerprint density at radius 2 is 1.35 bits per heavy atom. The monoisotopic (exact) mass is 300 g/mol. The molecule has 0 unspecified atom stereocenters. The molecule has 0 aliphatic carbocycles. The summed E-state index contributed by atoms with van der Waals surface area (Å²) in [5.41, 5.74) is 1.12. The summed E-state index contributed by atoms with van der Waals surface area (Å²) in [5.74, 6) is 1.56. The van der Waals surface area contributed by atoms with Crippen molar-refractivity contribution in [3.8, 4) is 0 Å². The molecule has 0 fully saturated rings. The highest BCUT2D eigenvalue weighted by atomic mass is 15.4. The average molecular weight is 300 g/mol. The SMILES string of the molecule is Cc1nnc(C)n1N=Cc1c2ccccc2cc2ccccc12. The quantitative estimate of drug-likeness (QED) is 0.413. The van der Waals surface area contributed by atoms with Crippen molar-refractivity contribution in [3.05, 3.63) is 71.8 Å². The van der Waals surface area contributed by atoms with E-state index in [1.165, 1.54) is 21.5 Å². The molecule has 0 saturated carbocycles. The molecule has 1 heterocycles. The van der Waals surface area contributed by atoms with Crippen LogP contribution in [-0.2, 0) is 0 Å². The van der Waals surface area contributed by atoms with E-state index >= 15 is 0 Å². The number of rotatable bonds is 2. The average Bonchev–Trinajstić information content (AvgIpc) is 2.90. The maximum atomic E-state index is 4.60. The molecule has 3 aromatic carbocycles. The van der Waals surface area contributed by atoms with Gasteiger partial charge in [-0.25, -0.2) is 4.68 Å². The Bertz CT molecular complexity index is 970. The van der Waals surface area contributed by atoms with Gasteiger partial charge in [-0.1, -0.05) is 48.5 Å². The van der Waals surface area contributed by atoms with E-state index in [9.17, 15) is 0 Å². The van der Waals surface area contributed by atoms with Crippen molar-refractivity contribution in [1.29, 1.82) is 0 Å². The molecule has 0 atom stereocenters. The molecule has 0 spiro atoms. The summed E-state index contributed by atoms with van der Waals surface area (Å²) in [7, 11) is 0. The fraction of sp³-hybridized carbons (Fsp3) is 0.105. The molecule has 0 aliphatic rings. The van der Waals surface area contributed by atoms with Crippen molar-refractivity contribution in [2.24, 2.45) is 5.10 Å². The van der Waals surface area contributed by atoms with Gasteiger partial charge >= 0.3 is 0 Å². The third kappa shape index (κ3) is 2.28. The predicted octanol–water partition coefficient (Wildman–Crippen LogP) is 4.08. The molecule has 112 valence electrons. The van der Waals surface area contributed by atoms with E-state index in [0.717, 1.165) is 17.2 Å². The minimum Gasteiger partial charge on any atom is -0.202 e. The Morgan fingerprint density at radius 1 is 0.826 bits per heavy atom. The van der Waals surface area contributed by atoms with Gasteiger partial charge in [0, 0.05) is 5.56 Å². The summed E-state index contributed by atoms with van der Waals surface area (Å²) in [4.78, 5) is 0. The minimum atomic E-state index is 0.781. The lowest BCUT2D eigenvalue weighted by molar-refractivity contribution is 0.799. The number of aromatic nitrogens is 3. The van der Waals surface area contributed by atoms with Crippen LogP contribution in [0.15, 0.2) is 59.7 Å². The predicted molar refractivity (Wildman–Crippen MR) is 93.9 cm³/mol. The first kappa shape index (κ1) is 13.6. The summed E-state index contributed by atoms with van der Waals surface area (Å²) in [6, 6.07) is 19.0. The number of hydrogen-bond donors (Lipinski definition) is 0. The zero-order valence-electron chi connectivity index (χ0n) is 13.1. The van der Waals surface area contributed by atoms with Crippen molar-refractivity contribution in [2.75, 3.05) is 0 Å². The number of benzene rings is 3. The third-order valence-corrected chi connectivity index (χ3v) is 4.07. The van der Waals surface area contributed by atoms with E-state index in [4.69, 9.17) is 0 Å². The van der Waals surface area contributed by atoms with Crippen molar-refractivity contribution >= 4 is 27.8 Å². The Labute approximate surface area is 134 Å². The lowest BCUT2D eigenvalue weighted by Gasteiger charge is -2.08. The molecule has 4 heteroatoms.